The van der Waals surface area contributed by atoms with Crippen LogP contribution in [0.4, 0.5) is 0 Å². The molecule has 0 amide bonds. The number of hydrogen-bond acceptors (Lipinski definition) is 3. The van der Waals surface area contributed by atoms with Crippen molar-refractivity contribution in [2.75, 3.05) is 0 Å². The van der Waals surface area contributed by atoms with E-state index in [-0.39, 0.29) is 0 Å². The van der Waals surface area contributed by atoms with Gasteiger partial charge in [0.1, 0.15) is 0 Å². The first-order chi connectivity index (χ1) is 7.31. The highest BCUT2D eigenvalue weighted by Crippen LogP contribution is 2.28. The van der Waals surface area contributed by atoms with Crippen LogP contribution in [0.25, 0.3) is 10.4 Å². The van der Waals surface area contributed by atoms with Gasteiger partial charge < -0.3 is 5.21 Å². The monoisotopic (exact) mass is 217 g/mol. The molecule has 15 heavy (non-hydrogen) atoms. The third-order valence-electron chi connectivity index (χ3n) is 2.17. The molecule has 0 spiro atoms. The van der Waals surface area contributed by atoms with E-state index in [0.717, 1.165) is 4.88 Å². The molecule has 2 rings (SSSR count). The van der Waals surface area contributed by atoms with Crippen molar-refractivity contribution in [3.05, 3.63) is 47.3 Å². The summed E-state index contributed by atoms with van der Waals surface area (Å²) in [5.41, 5.74) is 1.85. The van der Waals surface area contributed by atoms with Gasteiger partial charge in [-0.3, -0.25) is 0 Å². The summed E-state index contributed by atoms with van der Waals surface area (Å²) >= 11 is 1.63. The Hall–Kier alpha value is -1.61. The summed E-state index contributed by atoms with van der Waals surface area (Å²) in [5.74, 6) is 0. The Balaban J connectivity index is 2.36. The minimum absolute atomic E-state index is 0.655. The van der Waals surface area contributed by atoms with Crippen LogP contribution in [0.3, 0.4) is 0 Å². The van der Waals surface area contributed by atoms with Crippen LogP contribution in [0.2, 0.25) is 0 Å². The molecule has 0 saturated heterocycles. The largest absolute Gasteiger partial charge is 0.411 e. The fourth-order valence-electron chi connectivity index (χ4n) is 1.34. The van der Waals surface area contributed by atoms with E-state index in [1.807, 2.05) is 30.3 Å². The second-order valence-corrected chi connectivity index (χ2v) is 4.30. The zero-order valence-corrected chi connectivity index (χ0v) is 9.16. The minimum Gasteiger partial charge on any atom is -0.411 e. The molecule has 1 aromatic heterocycles. The molecule has 1 heterocycles. The lowest BCUT2D eigenvalue weighted by Crippen LogP contribution is -1.87. The normalized spacial score (nSPS) is 11.7. The zero-order valence-electron chi connectivity index (χ0n) is 8.34. The third-order valence-corrected chi connectivity index (χ3v) is 3.41. The van der Waals surface area contributed by atoms with Crippen LogP contribution in [-0.2, 0) is 0 Å². The van der Waals surface area contributed by atoms with Crippen LogP contribution in [0.5, 0.6) is 0 Å². The van der Waals surface area contributed by atoms with Crippen LogP contribution in [0, 0.1) is 0 Å². The Morgan fingerprint density at radius 2 is 1.87 bits per heavy atom. The van der Waals surface area contributed by atoms with Crippen molar-refractivity contribution >= 4 is 17.0 Å². The highest BCUT2D eigenvalue weighted by atomic mass is 32.1. The maximum atomic E-state index is 8.66. The summed E-state index contributed by atoms with van der Waals surface area (Å²) in [6, 6.07) is 14.2. The van der Waals surface area contributed by atoms with Gasteiger partial charge in [-0.25, -0.2) is 0 Å². The van der Waals surface area contributed by atoms with Crippen LogP contribution in [0.15, 0.2) is 47.6 Å². The van der Waals surface area contributed by atoms with E-state index in [2.05, 4.69) is 17.3 Å². The van der Waals surface area contributed by atoms with Gasteiger partial charge in [-0.15, -0.1) is 11.3 Å². The first kappa shape index (κ1) is 9.93. The molecule has 0 fully saturated rings. The standard InChI is InChI=1S/C12H11NOS/c1-9(13-14)11-7-8-12(15-11)10-5-3-2-4-6-10/h2-8,14H,1H3/b13-9-. The molecule has 1 N–H and O–H groups in total. The molecular weight excluding hydrogens is 206 g/mol. The van der Waals surface area contributed by atoms with Crippen molar-refractivity contribution in [2.24, 2.45) is 5.16 Å². The number of hydrogen-bond donors (Lipinski definition) is 1. The average molecular weight is 217 g/mol. The second kappa shape index (κ2) is 4.28. The molecule has 2 nitrogen and oxygen atoms in total. The Kier molecular flexibility index (Phi) is 2.83. The Bertz CT molecular complexity index is 473. The molecule has 0 aliphatic rings. The molecular formula is C12H11NOS. The maximum absolute atomic E-state index is 8.66. The topological polar surface area (TPSA) is 32.6 Å². The summed E-state index contributed by atoms with van der Waals surface area (Å²) < 4.78 is 0. The molecule has 0 aliphatic carbocycles. The SMILES string of the molecule is C/C(=N/O)c1ccc(-c2ccccc2)s1. The van der Waals surface area contributed by atoms with Gasteiger partial charge in [-0.1, -0.05) is 35.5 Å². The number of oxime groups is 1. The summed E-state index contributed by atoms with van der Waals surface area (Å²) in [6.07, 6.45) is 0. The van der Waals surface area contributed by atoms with Crippen LogP contribution >= 0.6 is 11.3 Å². The van der Waals surface area contributed by atoms with Crippen molar-refractivity contribution in [3.8, 4) is 10.4 Å². The van der Waals surface area contributed by atoms with E-state index in [1.54, 1.807) is 18.3 Å². The molecule has 0 radical (unpaired) electrons. The minimum atomic E-state index is 0.655. The van der Waals surface area contributed by atoms with Gasteiger partial charge in [0.15, 0.2) is 0 Å². The Labute approximate surface area is 92.5 Å². The van der Waals surface area contributed by atoms with Gasteiger partial charge in [0, 0.05) is 4.88 Å². The van der Waals surface area contributed by atoms with Crippen molar-refractivity contribution < 1.29 is 5.21 Å². The number of nitrogens with zero attached hydrogens (tertiary/aromatic N) is 1. The smallest absolute Gasteiger partial charge is 0.0936 e. The summed E-state index contributed by atoms with van der Waals surface area (Å²) in [7, 11) is 0. The maximum Gasteiger partial charge on any atom is 0.0936 e. The van der Waals surface area contributed by atoms with E-state index in [0.29, 0.717) is 5.71 Å². The third kappa shape index (κ3) is 2.07. The molecule has 0 atom stereocenters. The highest BCUT2D eigenvalue weighted by Gasteiger charge is 2.04. The first-order valence-corrected chi connectivity index (χ1v) is 5.47. The summed E-state index contributed by atoms with van der Waals surface area (Å²) in [4.78, 5) is 2.19. The van der Waals surface area contributed by atoms with Crippen LogP contribution in [0.1, 0.15) is 11.8 Å². The lowest BCUT2D eigenvalue weighted by Gasteiger charge is -1.95. The molecule has 0 aliphatic heterocycles. The van der Waals surface area contributed by atoms with E-state index in [1.165, 1.54) is 10.4 Å². The van der Waals surface area contributed by atoms with Gasteiger partial charge in [0.25, 0.3) is 0 Å². The average Bonchev–Trinajstić information content (AvgIpc) is 2.78. The predicted octanol–water partition coefficient (Wildman–Crippen LogP) is 3.61. The highest BCUT2D eigenvalue weighted by molar-refractivity contribution is 7.17. The van der Waals surface area contributed by atoms with Gasteiger partial charge in [-0.2, -0.15) is 0 Å². The van der Waals surface area contributed by atoms with Crippen molar-refractivity contribution in [1.82, 2.24) is 0 Å². The summed E-state index contributed by atoms with van der Waals surface area (Å²) in [6.45, 7) is 1.79. The second-order valence-electron chi connectivity index (χ2n) is 3.22. The molecule has 0 unspecified atom stereocenters. The molecule has 3 heteroatoms. The Morgan fingerprint density at radius 3 is 2.53 bits per heavy atom. The van der Waals surface area contributed by atoms with Gasteiger partial charge in [0.2, 0.25) is 0 Å². The van der Waals surface area contributed by atoms with Crippen molar-refractivity contribution in [3.63, 3.8) is 0 Å². The van der Waals surface area contributed by atoms with E-state index in [4.69, 9.17) is 5.21 Å². The van der Waals surface area contributed by atoms with Crippen molar-refractivity contribution in [1.29, 1.82) is 0 Å². The summed E-state index contributed by atoms with van der Waals surface area (Å²) in [5, 5.41) is 11.9. The lowest BCUT2D eigenvalue weighted by atomic mass is 10.2. The van der Waals surface area contributed by atoms with Gasteiger partial charge in [0.05, 0.1) is 10.6 Å². The molecule has 0 saturated carbocycles. The number of rotatable bonds is 2. The van der Waals surface area contributed by atoms with Crippen LogP contribution < -0.4 is 0 Å². The van der Waals surface area contributed by atoms with E-state index < -0.39 is 0 Å². The lowest BCUT2D eigenvalue weighted by molar-refractivity contribution is 0.319. The fourth-order valence-corrected chi connectivity index (χ4v) is 2.29. The predicted molar refractivity (Wildman–Crippen MR) is 63.8 cm³/mol. The number of thiophene rings is 1. The molecule has 0 bridgehead atoms. The number of benzene rings is 1. The van der Waals surface area contributed by atoms with E-state index in [9.17, 15) is 0 Å². The quantitative estimate of drug-likeness (QED) is 0.465. The fraction of sp³-hybridized carbons (Fsp3) is 0.0833. The molecule has 76 valence electrons. The van der Waals surface area contributed by atoms with Gasteiger partial charge in [-0.05, 0) is 24.6 Å². The molecule has 2 aromatic rings. The van der Waals surface area contributed by atoms with Gasteiger partial charge >= 0.3 is 0 Å². The van der Waals surface area contributed by atoms with Crippen molar-refractivity contribution in [2.45, 2.75) is 6.92 Å². The Morgan fingerprint density at radius 1 is 1.13 bits per heavy atom. The molecule has 1 aromatic carbocycles. The van der Waals surface area contributed by atoms with E-state index >= 15 is 0 Å². The van der Waals surface area contributed by atoms with Crippen LogP contribution in [-0.4, -0.2) is 10.9 Å². The zero-order chi connectivity index (χ0) is 10.7. The first-order valence-electron chi connectivity index (χ1n) is 4.65.